The van der Waals surface area contributed by atoms with Crippen LogP contribution in [0.2, 0.25) is 0 Å². The van der Waals surface area contributed by atoms with Crippen molar-refractivity contribution in [3.05, 3.63) is 71.9 Å². The highest BCUT2D eigenvalue weighted by Gasteiger charge is 2.19. The molecule has 3 aromatic rings. The van der Waals surface area contributed by atoms with E-state index in [4.69, 9.17) is 0 Å². The molecule has 0 amide bonds. The first-order valence-electron chi connectivity index (χ1n) is 8.87. The van der Waals surface area contributed by atoms with Gasteiger partial charge >= 0.3 is 0 Å². The first-order valence-corrected chi connectivity index (χ1v) is 9.75. The van der Waals surface area contributed by atoms with E-state index >= 15 is 0 Å². The van der Waals surface area contributed by atoms with Crippen molar-refractivity contribution in [2.45, 2.75) is 24.6 Å². The van der Waals surface area contributed by atoms with E-state index in [-0.39, 0.29) is 0 Å². The number of fused-ring (bicyclic) bond motifs is 1. The standard InChI is InChI=1S/C22H22N2S/c1-2-6-18(7-3-1)12-15-25-20-10-13-24(14-11-20)17-19-16-23-22-9-5-4-8-21(19)22/h1-9,16,20,23H,10-11,13-14,17H2. The summed E-state index contributed by atoms with van der Waals surface area (Å²) >= 11 is 1.81. The zero-order valence-corrected chi connectivity index (χ0v) is 15.1. The van der Waals surface area contributed by atoms with Crippen molar-refractivity contribution < 1.29 is 0 Å². The molecule has 25 heavy (non-hydrogen) atoms. The van der Waals surface area contributed by atoms with Crippen molar-refractivity contribution >= 4 is 22.7 Å². The van der Waals surface area contributed by atoms with Gasteiger partial charge < -0.3 is 4.98 Å². The lowest BCUT2D eigenvalue weighted by Gasteiger charge is -2.30. The minimum Gasteiger partial charge on any atom is -0.361 e. The second-order valence-corrected chi connectivity index (χ2v) is 7.65. The molecule has 0 atom stereocenters. The van der Waals surface area contributed by atoms with E-state index in [1.54, 1.807) is 0 Å². The molecule has 4 rings (SSSR count). The Labute approximate surface area is 153 Å². The zero-order chi connectivity index (χ0) is 16.9. The van der Waals surface area contributed by atoms with Gasteiger partial charge in [-0.25, -0.2) is 0 Å². The van der Waals surface area contributed by atoms with Crippen LogP contribution in [0.5, 0.6) is 0 Å². The van der Waals surface area contributed by atoms with Gasteiger partial charge in [-0.1, -0.05) is 54.1 Å². The number of H-pyrrole nitrogens is 1. The third kappa shape index (κ3) is 4.10. The molecule has 0 radical (unpaired) electrons. The number of thioether (sulfide) groups is 1. The molecule has 1 aromatic heterocycles. The van der Waals surface area contributed by atoms with Crippen molar-refractivity contribution in [1.82, 2.24) is 9.88 Å². The van der Waals surface area contributed by atoms with Gasteiger partial charge in [0.1, 0.15) is 0 Å². The number of nitrogens with zero attached hydrogens (tertiary/aromatic N) is 1. The summed E-state index contributed by atoms with van der Waals surface area (Å²) in [6, 6.07) is 18.8. The number of piperidine rings is 1. The number of likely N-dealkylation sites (tertiary alicyclic amines) is 1. The molecule has 1 aliphatic rings. The van der Waals surface area contributed by atoms with Crippen LogP contribution in [-0.4, -0.2) is 28.2 Å². The Morgan fingerprint density at radius 2 is 1.76 bits per heavy atom. The van der Waals surface area contributed by atoms with Gasteiger partial charge in [-0.3, -0.25) is 4.90 Å². The Kier molecular flexibility index (Phi) is 5.11. The SMILES string of the molecule is C(#Cc1ccccc1)SC1CCN(Cc2c[nH]c3ccccc23)CC1. The topological polar surface area (TPSA) is 19.0 Å². The highest BCUT2D eigenvalue weighted by atomic mass is 32.2. The summed E-state index contributed by atoms with van der Waals surface area (Å²) in [7, 11) is 0. The lowest BCUT2D eigenvalue weighted by atomic mass is 10.1. The lowest BCUT2D eigenvalue weighted by molar-refractivity contribution is 0.226. The van der Waals surface area contributed by atoms with E-state index < -0.39 is 0 Å². The van der Waals surface area contributed by atoms with Gasteiger partial charge in [0.25, 0.3) is 0 Å². The van der Waals surface area contributed by atoms with Crippen LogP contribution in [-0.2, 0) is 6.54 Å². The molecule has 2 nitrogen and oxygen atoms in total. The van der Waals surface area contributed by atoms with Crippen molar-refractivity contribution in [2.75, 3.05) is 13.1 Å². The highest BCUT2D eigenvalue weighted by Crippen LogP contribution is 2.25. The fourth-order valence-electron chi connectivity index (χ4n) is 3.38. The molecule has 0 spiro atoms. The Morgan fingerprint density at radius 1 is 1.00 bits per heavy atom. The molecule has 1 aliphatic heterocycles. The maximum atomic E-state index is 3.38. The molecule has 3 heteroatoms. The Morgan fingerprint density at radius 3 is 2.60 bits per heavy atom. The van der Waals surface area contributed by atoms with E-state index in [9.17, 15) is 0 Å². The van der Waals surface area contributed by atoms with Gasteiger partial charge in [-0.15, -0.1) is 0 Å². The summed E-state index contributed by atoms with van der Waals surface area (Å²) in [6.45, 7) is 3.35. The zero-order valence-electron chi connectivity index (χ0n) is 14.2. The van der Waals surface area contributed by atoms with Crippen LogP contribution in [0.1, 0.15) is 24.0 Å². The number of hydrogen-bond acceptors (Lipinski definition) is 2. The van der Waals surface area contributed by atoms with Gasteiger partial charge in [0, 0.05) is 34.5 Å². The number of rotatable bonds is 3. The molecule has 0 unspecified atom stereocenters. The van der Waals surface area contributed by atoms with Crippen LogP contribution in [0.15, 0.2) is 60.8 Å². The Hall–Kier alpha value is -2.15. The maximum Gasteiger partial charge on any atom is 0.0457 e. The van der Waals surface area contributed by atoms with E-state index in [0.717, 1.165) is 25.2 Å². The van der Waals surface area contributed by atoms with Gasteiger partial charge in [0.05, 0.1) is 0 Å². The second-order valence-electron chi connectivity index (χ2n) is 6.55. The summed E-state index contributed by atoms with van der Waals surface area (Å²) in [5.74, 6) is 3.25. The van der Waals surface area contributed by atoms with Gasteiger partial charge in [0.15, 0.2) is 0 Å². The smallest absolute Gasteiger partial charge is 0.0457 e. The maximum absolute atomic E-state index is 3.38. The van der Waals surface area contributed by atoms with Gasteiger partial charge in [-0.05, 0) is 54.9 Å². The molecule has 0 bridgehead atoms. The van der Waals surface area contributed by atoms with Crippen LogP contribution < -0.4 is 0 Å². The molecule has 1 saturated heterocycles. The lowest BCUT2D eigenvalue weighted by Crippen LogP contribution is -2.34. The largest absolute Gasteiger partial charge is 0.361 e. The monoisotopic (exact) mass is 346 g/mol. The number of aromatic nitrogens is 1. The van der Waals surface area contributed by atoms with Crippen LogP contribution in [0, 0.1) is 11.2 Å². The normalized spacial score (nSPS) is 15.8. The molecular formula is C22H22N2S. The van der Waals surface area contributed by atoms with E-state index in [0.29, 0.717) is 5.25 Å². The highest BCUT2D eigenvalue weighted by molar-refractivity contribution is 8.04. The van der Waals surface area contributed by atoms with Crippen LogP contribution in [0.4, 0.5) is 0 Å². The number of hydrogen-bond donors (Lipinski definition) is 1. The summed E-state index contributed by atoms with van der Waals surface area (Å²) in [5, 5.41) is 5.32. The number of nitrogens with one attached hydrogen (secondary N) is 1. The van der Waals surface area contributed by atoms with E-state index in [1.807, 2.05) is 30.0 Å². The first-order chi connectivity index (χ1) is 12.4. The molecular weight excluding hydrogens is 324 g/mol. The van der Waals surface area contributed by atoms with Crippen molar-refractivity contribution in [3.8, 4) is 11.2 Å². The summed E-state index contributed by atoms with van der Waals surface area (Å²) in [6.07, 6.45) is 4.60. The van der Waals surface area contributed by atoms with Gasteiger partial charge in [0.2, 0.25) is 0 Å². The Bertz CT molecular complexity index is 880. The summed E-state index contributed by atoms with van der Waals surface area (Å²) in [5.41, 5.74) is 3.75. The third-order valence-corrected chi connectivity index (χ3v) is 5.82. The fourth-order valence-corrected chi connectivity index (χ4v) is 4.17. The third-order valence-electron chi connectivity index (χ3n) is 4.80. The van der Waals surface area contributed by atoms with Crippen LogP contribution in [0.3, 0.4) is 0 Å². The van der Waals surface area contributed by atoms with Crippen molar-refractivity contribution in [2.24, 2.45) is 0 Å². The minimum absolute atomic E-state index is 0.662. The predicted octanol–water partition coefficient (Wildman–Crippen LogP) is 4.87. The van der Waals surface area contributed by atoms with E-state index in [2.05, 4.69) is 63.7 Å². The number of aromatic amines is 1. The second kappa shape index (κ2) is 7.82. The molecule has 2 heterocycles. The molecule has 1 fully saturated rings. The summed E-state index contributed by atoms with van der Waals surface area (Å²) in [4.78, 5) is 5.95. The van der Waals surface area contributed by atoms with Gasteiger partial charge in [-0.2, -0.15) is 0 Å². The average molecular weight is 346 g/mol. The summed E-state index contributed by atoms with van der Waals surface area (Å²) < 4.78 is 0. The quantitative estimate of drug-likeness (QED) is 0.682. The first kappa shape index (κ1) is 16.3. The van der Waals surface area contributed by atoms with Crippen LogP contribution in [0.25, 0.3) is 10.9 Å². The minimum atomic E-state index is 0.662. The van der Waals surface area contributed by atoms with E-state index in [1.165, 1.54) is 29.3 Å². The Balaban J connectivity index is 1.29. The number of benzene rings is 2. The molecule has 0 aliphatic carbocycles. The molecule has 2 aromatic carbocycles. The molecule has 0 saturated carbocycles. The fraction of sp³-hybridized carbons (Fsp3) is 0.273. The van der Waals surface area contributed by atoms with Crippen molar-refractivity contribution in [3.63, 3.8) is 0 Å². The van der Waals surface area contributed by atoms with Crippen LogP contribution >= 0.6 is 11.8 Å². The molecule has 1 N–H and O–H groups in total. The average Bonchev–Trinajstić information content (AvgIpc) is 3.07. The van der Waals surface area contributed by atoms with Crippen molar-refractivity contribution in [1.29, 1.82) is 0 Å². The predicted molar refractivity (Wildman–Crippen MR) is 108 cm³/mol. The molecule has 126 valence electrons. The number of para-hydroxylation sites is 1.